The number of unbranched alkanes of at least 4 members (excludes halogenated alkanes) is 3. The Labute approximate surface area is 102 Å². The molecule has 0 heterocycles. The van der Waals surface area contributed by atoms with Crippen molar-refractivity contribution in [2.24, 2.45) is 0 Å². The van der Waals surface area contributed by atoms with Gasteiger partial charge in [0.2, 0.25) is 0 Å². The molecule has 0 saturated heterocycles. The van der Waals surface area contributed by atoms with Gasteiger partial charge in [-0.3, -0.25) is 4.55 Å². The van der Waals surface area contributed by atoms with Crippen molar-refractivity contribution in [2.75, 3.05) is 5.75 Å². The van der Waals surface area contributed by atoms with E-state index in [-0.39, 0.29) is 12.0 Å². The molecule has 0 aliphatic carbocycles. The number of carboxylic acid groups (broad SMARTS) is 1. The summed E-state index contributed by atoms with van der Waals surface area (Å²) in [5.74, 6) is -1.45. The van der Waals surface area contributed by atoms with Crippen molar-refractivity contribution in [1.82, 2.24) is 0 Å². The molecule has 0 unspecified atom stereocenters. The van der Waals surface area contributed by atoms with E-state index in [9.17, 15) is 13.2 Å². The summed E-state index contributed by atoms with van der Waals surface area (Å²) in [7, 11) is -4.01. The molecular formula is C11H20O5S. The Morgan fingerprint density at radius 1 is 1.24 bits per heavy atom. The summed E-state index contributed by atoms with van der Waals surface area (Å²) in [4.78, 5) is 10.8. The van der Waals surface area contributed by atoms with Crippen molar-refractivity contribution in [2.45, 2.75) is 45.4 Å². The third kappa shape index (κ3) is 10.0. The van der Waals surface area contributed by atoms with Gasteiger partial charge in [-0.15, -0.1) is 0 Å². The van der Waals surface area contributed by atoms with Crippen molar-refractivity contribution in [3.05, 3.63) is 11.6 Å². The molecule has 0 atom stereocenters. The fourth-order valence-corrected chi connectivity index (χ4v) is 1.84. The average Bonchev–Trinajstić information content (AvgIpc) is 2.19. The second-order valence-electron chi connectivity index (χ2n) is 3.92. The first-order valence-corrected chi connectivity index (χ1v) is 7.35. The van der Waals surface area contributed by atoms with E-state index in [1.54, 1.807) is 0 Å². The number of carbonyl (C=O) groups is 1. The lowest BCUT2D eigenvalue weighted by molar-refractivity contribution is -0.132. The molecule has 0 saturated carbocycles. The molecule has 0 fully saturated rings. The maximum absolute atomic E-state index is 10.8. The molecule has 0 rings (SSSR count). The van der Waals surface area contributed by atoms with Crippen LogP contribution in [0.4, 0.5) is 0 Å². The number of rotatable bonds is 9. The highest BCUT2D eigenvalue weighted by molar-refractivity contribution is 7.85. The van der Waals surface area contributed by atoms with Crippen LogP contribution >= 0.6 is 0 Å². The number of allylic oxidation sites excluding steroid dienone is 1. The fourth-order valence-electron chi connectivity index (χ4n) is 1.42. The molecular weight excluding hydrogens is 244 g/mol. The Bertz CT molecular complexity index is 356. The summed E-state index contributed by atoms with van der Waals surface area (Å²) in [6.45, 7) is 2.07. The number of hydrogen-bond donors (Lipinski definition) is 2. The third-order valence-electron chi connectivity index (χ3n) is 2.34. The lowest BCUT2D eigenvalue weighted by Crippen LogP contribution is -2.05. The largest absolute Gasteiger partial charge is 0.478 e. The fraction of sp³-hybridized carbons (Fsp3) is 0.727. The zero-order valence-electron chi connectivity index (χ0n) is 10.1. The van der Waals surface area contributed by atoms with Crippen molar-refractivity contribution < 1.29 is 22.9 Å². The van der Waals surface area contributed by atoms with Crippen LogP contribution in [0, 0.1) is 0 Å². The van der Waals surface area contributed by atoms with Gasteiger partial charge in [-0.05, 0) is 19.3 Å². The van der Waals surface area contributed by atoms with Crippen LogP contribution in [0.3, 0.4) is 0 Å². The Morgan fingerprint density at radius 2 is 1.88 bits per heavy atom. The number of carboxylic acids is 1. The first-order valence-electron chi connectivity index (χ1n) is 5.74. The lowest BCUT2D eigenvalue weighted by atomic mass is 10.1. The lowest BCUT2D eigenvalue weighted by Gasteiger charge is -2.02. The topological polar surface area (TPSA) is 91.7 Å². The van der Waals surface area contributed by atoms with Gasteiger partial charge >= 0.3 is 5.97 Å². The van der Waals surface area contributed by atoms with E-state index in [0.29, 0.717) is 6.42 Å². The summed E-state index contributed by atoms with van der Waals surface area (Å²) in [5.41, 5.74) is 0.227. The molecule has 0 bridgehead atoms. The van der Waals surface area contributed by atoms with Crippen molar-refractivity contribution in [3.8, 4) is 0 Å². The predicted molar refractivity (Wildman–Crippen MR) is 65.5 cm³/mol. The Balaban J connectivity index is 4.14. The molecule has 0 aromatic heterocycles. The van der Waals surface area contributed by atoms with E-state index in [2.05, 4.69) is 6.92 Å². The standard InChI is InChI=1S/C11H20O5S/c1-2-3-4-5-7-10(11(12)13)8-6-9-17(14,15)16/h8H,2-7,9H2,1H3,(H,12,13)(H,14,15,16). The minimum absolute atomic E-state index is 0.0360. The van der Waals surface area contributed by atoms with E-state index in [1.807, 2.05) is 0 Å². The molecule has 2 N–H and O–H groups in total. The average molecular weight is 264 g/mol. The Morgan fingerprint density at radius 3 is 2.35 bits per heavy atom. The third-order valence-corrected chi connectivity index (χ3v) is 3.09. The molecule has 5 nitrogen and oxygen atoms in total. The zero-order valence-corrected chi connectivity index (χ0v) is 10.9. The van der Waals surface area contributed by atoms with Crippen LogP contribution < -0.4 is 0 Å². The molecule has 6 heteroatoms. The minimum Gasteiger partial charge on any atom is -0.478 e. The van der Waals surface area contributed by atoms with Crippen LogP contribution in [0.5, 0.6) is 0 Å². The minimum atomic E-state index is -4.01. The second-order valence-corrected chi connectivity index (χ2v) is 5.49. The highest BCUT2D eigenvalue weighted by atomic mass is 32.2. The van der Waals surface area contributed by atoms with Gasteiger partial charge in [0.05, 0.1) is 5.75 Å². The zero-order chi connectivity index (χ0) is 13.3. The quantitative estimate of drug-likeness (QED) is 0.378. The molecule has 0 amide bonds. The van der Waals surface area contributed by atoms with Crippen molar-refractivity contribution in [3.63, 3.8) is 0 Å². The van der Waals surface area contributed by atoms with Crippen LogP contribution in [0.15, 0.2) is 11.6 Å². The van der Waals surface area contributed by atoms with Crippen LogP contribution in [0.1, 0.15) is 45.4 Å². The van der Waals surface area contributed by atoms with Gasteiger partial charge in [-0.25, -0.2) is 4.79 Å². The molecule has 17 heavy (non-hydrogen) atoms. The highest BCUT2D eigenvalue weighted by Crippen LogP contribution is 2.11. The Kier molecular flexibility index (Phi) is 7.82. The van der Waals surface area contributed by atoms with Gasteiger partial charge in [0.25, 0.3) is 10.1 Å². The van der Waals surface area contributed by atoms with Gasteiger partial charge < -0.3 is 5.11 Å². The molecule has 0 aromatic carbocycles. The monoisotopic (exact) mass is 264 g/mol. The number of aliphatic carboxylic acids is 1. The first-order chi connectivity index (χ1) is 7.87. The van der Waals surface area contributed by atoms with Crippen LogP contribution in [0.2, 0.25) is 0 Å². The van der Waals surface area contributed by atoms with Gasteiger partial charge in [-0.2, -0.15) is 8.42 Å². The van der Waals surface area contributed by atoms with Crippen molar-refractivity contribution in [1.29, 1.82) is 0 Å². The summed E-state index contributed by atoms with van der Waals surface area (Å²) in [5, 5.41) is 8.88. The van der Waals surface area contributed by atoms with E-state index in [4.69, 9.17) is 9.66 Å². The van der Waals surface area contributed by atoms with Gasteiger partial charge in [-0.1, -0.05) is 32.3 Å². The summed E-state index contributed by atoms with van der Waals surface area (Å²) in [6.07, 6.45) is 5.77. The molecule has 0 radical (unpaired) electrons. The summed E-state index contributed by atoms with van der Waals surface area (Å²) in [6, 6.07) is 0. The summed E-state index contributed by atoms with van der Waals surface area (Å²) >= 11 is 0. The molecule has 0 spiro atoms. The van der Waals surface area contributed by atoms with E-state index < -0.39 is 21.8 Å². The van der Waals surface area contributed by atoms with Crippen molar-refractivity contribution >= 4 is 16.1 Å². The maximum atomic E-state index is 10.8. The van der Waals surface area contributed by atoms with Gasteiger partial charge in [0, 0.05) is 5.57 Å². The SMILES string of the molecule is CCCCCCC(=CCCS(=O)(=O)O)C(=O)O. The van der Waals surface area contributed by atoms with Crippen LogP contribution in [-0.2, 0) is 14.9 Å². The van der Waals surface area contributed by atoms with Gasteiger partial charge in [0.15, 0.2) is 0 Å². The normalized spacial score (nSPS) is 12.7. The number of hydrogen-bond acceptors (Lipinski definition) is 3. The van der Waals surface area contributed by atoms with E-state index in [1.165, 1.54) is 6.08 Å². The molecule has 0 aromatic rings. The van der Waals surface area contributed by atoms with E-state index >= 15 is 0 Å². The van der Waals surface area contributed by atoms with Crippen LogP contribution in [-0.4, -0.2) is 29.8 Å². The van der Waals surface area contributed by atoms with E-state index in [0.717, 1.165) is 25.7 Å². The Hall–Kier alpha value is -0.880. The van der Waals surface area contributed by atoms with Gasteiger partial charge in [0.1, 0.15) is 0 Å². The first kappa shape index (κ1) is 16.1. The second kappa shape index (κ2) is 8.25. The molecule has 0 aliphatic heterocycles. The molecule has 100 valence electrons. The maximum Gasteiger partial charge on any atom is 0.331 e. The summed E-state index contributed by atoms with van der Waals surface area (Å²) < 4.78 is 29.4. The predicted octanol–water partition coefficient (Wildman–Crippen LogP) is 2.25. The van der Waals surface area contributed by atoms with Crippen LogP contribution in [0.25, 0.3) is 0 Å². The smallest absolute Gasteiger partial charge is 0.331 e. The highest BCUT2D eigenvalue weighted by Gasteiger charge is 2.08. The molecule has 0 aliphatic rings.